The average molecular weight is 1820 g/mol. The van der Waals surface area contributed by atoms with Gasteiger partial charge in [0.2, 0.25) is 0 Å². The second-order valence-corrected chi connectivity index (χ2v) is 35.5. The lowest BCUT2D eigenvalue weighted by molar-refractivity contribution is -0.138. The van der Waals surface area contributed by atoms with Gasteiger partial charge in [0.1, 0.15) is 22.2 Å². The summed E-state index contributed by atoms with van der Waals surface area (Å²) in [6, 6.07) is 41.8. The lowest BCUT2D eigenvalue weighted by Gasteiger charge is -2.16. The number of methoxy groups -OCH3 is 1. The van der Waals surface area contributed by atoms with E-state index in [-0.39, 0.29) is 111 Å². The molecule has 10 aromatic carbocycles. The van der Waals surface area contributed by atoms with Gasteiger partial charge < -0.3 is 29.6 Å². The van der Waals surface area contributed by atoms with E-state index in [1.807, 2.05) is 12.1 Å². The molecule has 0 bridgehead atoms. The number of aromatic carboxylic acids is 4. The summed E-state index contributed by atoms with van der Waals surface area (Å²) in [4.78, 5) is 44.1. The number of nitriles is 1. The Kier molecular flexibility index (Phi) is 29.8. The summed E-state index contributed by atoms with van der Waals surface area (Å²) in [6.07, 6.45) is -10.7. The number of sulfone groups is 4. The number of carbonyl (C=O) groups is 4. The Morgan fingerprint density at radius 3 is 1.08 bits per heavy atom. The van der Waals surface area contributed by atoms with Crippen LogP contribution in [0.15, 0.2) is 255 Å². The monoisotopic (exact) mass is 1820 g/mol. The van der Waals surface area contributed by atoms with Crippen molar-refractivity contribution in [3.05, 3.63) is 331 Å². The van der Waals surface area contributed by atoms with Crippen molar-refractivity contribution >= 4 is 68.8 Å². The summed E-state index contributed by atoms with van der Waals surface area (Å²) >= 11 is 0. The third-order valence-electron chi connectivity index (χ3n) is 19.3. The van der Waals surface area contributed by atoms with Crippen LogP contribution in [-0.2, 0) is 106 Å². The number of allylic oxidation sites excluding steroid dienone is 4. The smallest absolute Gasteiger partial charge is 0.416 e. The zero-order valence-electron chi connectivity index (χ0n) is 65.6. The van der Waals surface area contributed by atoms with Crippen molar-refractivity contribution in [3.63, 3.8) is 0 Å². The summed E-state index contributed by atoms with van der Waals surface area (Å²) < 4.78 is 289. The van der Waals surface area contributed by atoms with Crippen LogP contribution in [-0.4, -0.2) is 85.1 Å². The molecule has 0 radical (unpaired) electrons. The molecule has 0 saturated heterocycles. The fraction of sp³-hybridized carbons (Fsp3) is 0.180. The zero-order valence-corrected chi connectivity index (χ0v) is 68.9. The van der Waals surface area contributed by atoms with Crippen molar-refractivity contribution < 1.29 is 140 Å². The predicted octanol–water partition coefficient (Wildman–Crippen LogP) is 21.2. The largest absolute Gasteiger partial charge is 0.495 e. The summed E-state index contributed by atoms with van der Waals surface area (Å²) in [5.74, 6) is -8.93. The van der Waals surface area contributed by atoms with Gasteiger partial charge in [0.15, 0.2) is 39.3 Å². The first-order chi connectivity index (χ1) is 58.4. The van der Waals surface area contributed by atoms with Crippen LogP contribution in [0, 0.1) is 17.1 Å². The zero-order chi connectivity index (χ0) is 92.3. The molecule has 0 saturated carbocycles. The third-order valence-corrected chi connectivity index (χ3v) is 26.2. The van der Waals surface area contributed by atoms with Crippen LogP contribution in [0.2, 0.25) is 0 Å². The molecule has 0 amide bonds. The molecule has 0 spiro atoms. The molecule has 19 nitrogen and oxygen atoms in total. The molecular weight excluding hydrogens is 1750 g/mol. The predicted molar refractivity (Wildman–Crippen MR) is 433 cm³/mol. The molecule has 0 atom stereocenters. The van der Waals surface area contributed by atoms with Gasteiger partial charge in [-0.2, -0.15) is 57.9 Å². The van der Waals surface area contributed by atoms with E-state index in [2.05, 4.69) is 0 Å². The van der Waals surface area contributed by atoms with Crippen LogP contribution < -0.4 is 4.74 Å². The van der Waals surface area contributed by atoms with E-state index in [0.717, 1.165) is 103 Å². The highest BCUT2D eigenvalue weighted by atomic mass is 32.2. The van der Waals surface area contributed by atoms with E-state index in [9.17, 15) is 125 Å². The summed E-state index contributed by atoms with van der Waals surface area (Å²) in [6.45, 7) is 5.09. The second kappa shape index (κ2) is 38.8. The van der Waals surface area contributed by atoms with Crippen LogP contribution in [0.5, 0.6) is 5.75 Å². The molecule has 125 heavy (non-hydrogen) atoms. The molecular formula is C89H70F13NO18S4. The highest BCUT2D eigenvalue weighted by Crippen LogP contribution is 2.42. The number of rotatable bonds is 24. The van der Waals surface area contributed by atoms with Gasteiger partial charge >= 0.3 is 48.6 Å². The molecule has 1 aromatic heterocycles. The number of nitrogens with zero attached hydrogens (tertiary/aromatic N) is 1. The van der Waals surface area contributed by atoms with Crippen molar-refractivity contribution in [1.29, 1.82) is 5.26 Å². The lowest BCUT2D eigenvalue weighted by atomic mass is 9.97. The molecule has 1 heterocycles. The molecule has 12 rings (SSSR count). The summed E-state index contributed by atoms with van der Waals surface area (Å²) in [7, 11) is -15.6. The fourth-order valence-electron chi connectivity index (χ4n) is 13.2. The number of ether oxygens (including phenoxy) is 1. The third kappa shape index (κ3) is 23.9. The highest BCUT2D eigenvalue weighted by Gasteiger charge is 2.38. The van der Waals surface area contributed by atoms with E-state index >= 15 is 0 Å². The van der Waals surface area contributed by atoms with Crippen LogP contribution in [0.4, 0.5) is 57.1 Å². The Bertz CT molecular complexity index is 6570. The Morgan fingerprint density at radius 2 is 0.744 bits per heavy atom. The molecule has 0 fully saturated rings. The summed E-state index contributed by atoms with van der Waals surface area (Å²) in [5, 5.41) is 46.0. The van der Waals surface area contributed by atoms with E-state index in [0.29, 0.717) is 40.7 Å². The molecule has 654 valence electrons. The minimum atomic E-state index is -4.71. The van der Waals surface area contributed by atoms with E-state index in [1.165, 1.54) is 110 Å². The molecule has 1 aliphatic carbocycles. The van der Waals surface area contributed by atoms with E-state index in [4.69, 9.17) is 19.5 Å². The molecule has 11 aromatic rings. The number of furan rings is 1. The molecule has 0 aliphatic heterocycles. The van der Waals surface area contributed by atoms with E-state index in [1.54, 1.807) is 45.1 Å². The Morgan fingerprint density at radius 1 is 0.400 bits per heavy atom. The van der Waals surface area contributed by atoms with Gasteiger partial charge in [-0.05, 0) is 238 Å². The van der Waals surface area contributed by atoms with Gasteiger partial charge in [0.25, 0.3) is 0 Å². The Balaban J connectivity index is 0.000000189. The average Bonchev–Trinajstić information content (AvgIpc) is 1.42. The van der Waals surface area contributed by atoms with Gasteiger partial charge in [0.05, 0.1) is 107 Å². The fourth-order valence-corrected chi connectivity index (χ4v) is 19.9. The van der Waals surface area contributed by atoms with Gasteiger partial charge in [-0.3, -0.25) is 0 Å². The molecule has 4 N–H and O–H groups in total. The van der Waals surface area contributed by atoms with Crippen LogP contribution in [0.1, 0.15) is 141 Å². The van der Waals surface area contributed by atoms with Gasteiger partial charge in [-0.15, -0.1) is 0 Å². The first-order valence-corrected chi connectivity index (χ1v) is 43.4. The Hall–Kier alpha value is -13.0. The number of halogens is 13. The maximum atomic E-state index is 13.7. The number of aryl methyl sites for hydroxylation is 3. The standard InChI is InChI=1S/C24H18F3NO4S.C23H18F4O4S.C22H19F3O4S.C20H15F3O6S/c1-2-16-6-7-18(23(29)30)12-22(16)33(31,32)14-19-11-20(24(25,26)27)8-9-21(19)17-5-3-4-15(10-17)13-28;1-2-14-6-7-16(22(28)29)12-21(14)32(30,31)13-17-10-18(23(25,26)27)8-9-20(17)15-4-3-5-19(24)11-15;1-2-14-7-8-16(21(26)27)12-20(14)30(28,29)13-17-11-18(22(23,24)25)9-10-19(17)15-5-3-4-6-15;1-28-17-7-4-12(19(24)25)10-18(17)30(26,27)11-13-9-14(20(21,22)23)5-6-15(13)16-3-2-8-29-16/h3-12H,2,14H2,1H3,(H,29,30);3-12H,2,13H2,1H3,(H,28,29);3-5,7-12H,2,6,13H2,1H3,(H,26,27);2-10H,11H2,1H3,(H,24,25). The second-order valence-electron chi connectivity index (χ2n) is 27.6. The first kappa shape index (κ1) is 95.8. The number of benzene rings is 10. The summed E-state index contributed by atoms with van der Waals surface area (Å²) in [5.41, 5.74) is -1.71. The van der Waals surface area contributed by atoms with Crippen molar-refractivity contribution in [2.45, 2.75) is 114 Å². The topological polar surface area (TPSA) is 332 Å². The number of hydrogen-bond donors (Lipinski definition) is 4. The minimum absolute atomic E-state index is 0.0301. The maximum Gasteiger partial charge on any atom is 0.416 e. The number of hydrogen-bond acceptors (Lipinski definition) is 15. The normalized spacial score (nSPS) is 12.4. The van der Waals surface area contributed by atoms with Crippen molar-refractivity contribution in [2.75, 3.05) is 7.11 Å². The van der Waals surface area contributed by atoms with Crippen molar-refractivity contribution in [2.24, 2.45) is 0 Å². The maximum absolute atomic E-state index is 13.7. The van der Waals surface area contributed by atoms with Crippen LogP contribution in [0.3, 0.4) is 0 Å². The molecule has 36 heteroatoms. The Labute approximate surface area is 707 Å². The number of carboxylic acids is 4. The van der Waals surface area contributed by atoms with Gasteiger partial charge in [-0.25, -0.2) is 57.2 Å². The quantitative estimate of drug-likeness (QED) is 0.0408. The van der Waals surface area contributed by atoms with Crippen molar-refractivity contribution in [3.8, 4) is 45.4 Å². The van der Waals surface area contributed by atoms with E-state index < -0.39 is 144 Å². The molecule has 1 aliphatic rings. The van der Waals surface area contributed by atoms with Gasteiger partial charge in [0, 0.05) is 5.56 Å². The number of alkyl halides is 12. The minimum Gasteiger partial charge on any atom is -0.495 e. The SMILES string of the molecule is CCc1ccc(C(=O)O)cc1S(=O)(=O)Cc1cc(C(F)(F)F)ccc1-c1cccc(C#N)c1.CCc1ccc(C(=O)O)cc1S(=O)(=O)Cc1cc(C(F)(F)F)ccc1-c1cccc(F)c1.CCc1ccc(C(=O)O)cc1S(=O)(=O)Cc1cc(C(F)(F)F)ccc1C1=CC=CC1.COc1ccc(C(=O)O)cc1S(=O)(=O)Cc1cc(C(F)(F)F)ccc1-c1ccco1. The lowest BCUT2D eigenvalue weighted by Crippen LogP contribution is -2.13. The van der Waals surface area contributed by atoms with Crippen LogP contribution in [0.25, 0.3) is 39.2 Å². The molecule has 0 unspecified atom stereocenters. The van der Waals surface area contributed by atoms with Crippen molar-refractivity contribution in [1.82, 2.24) is 0 Å². The first-order valence-electron chi connectivity index (χ1n) is 36.8. The van der Waals surface area contributed by atoms with Gasteiger partial charge in [-0.1, -0.05) is 106 Å². The number of carboxylic acid groups (broad SMARTS) is 4. The van der Waals surface area contributed by atoms with Crippen LogP contribution >= 0.6 is 0 Å². The highest BCUT2D eigenvalue weighted by molar-refractivity contribution is 7.91.